The van der Waals surface area contributed by atoms with Gasteiger partial charge in [-0.2, -0.15) is 0 Å². The van der Waals surface area contributed by atoms with Crippen LogP contribution in [0.5, 0.6) is 0 Å². The van der Waals surface area contributed by atoms with Crippen LogP contribution in [0.1, 0.15) is 51.8 Å². The van der Waals surface area contributed by atoms with Crippen LogP contribution in [0, 0.1) is 0 Å². The summed E-state index contributed by atoms with van der Waals surface area (Å²) in [6, 6.07) is 0. The van der Waals surface area contributed by atoms with Crippen molar-refractivity contribution in [1.29, 1.82) is 0 Å². The number of carbonyl (C=O) groups excluding carboxylic acids is 2. The number of sulfone groups is 1. The second-order valence-corrected chi connectivity index (χ2v) is 11.1. The van der Waals surface area contributed by atoms with Crippen molar-refractivity contribution >= 4 is 33.4 Å². The summed E-state index contributed by atoms with van der Waals surface area (Å²) < 4.78 is 25.3. The molecule has 2 aliphatic rings. The molecule has 0 aromatic carbocycles. The van der Waals surface area contributed by atoms with E-state index in [9.17, 15) is 18.0 Å². The minimum Gasteiger partial charge on any atom is -0.349 e. The molecule has 1 atom stereocenters. The van der Waals surface area contributed by atoms with Gasteiger partial charge in [-0.25, -0.2) is 8.42 Å². The lowest BCUT2D eigenvalue weighted by Crippen LogP contribution is -2.47. The van der Waals surface area contributed by atoms with Gasteiger partial charge in [0.1, 0.15) is 0 Å². The van der Waals surface area contributed by atoms with Crippen molar-refractivity contribution in [2.75, 3.05) is 23.8 Å². The van der Waals surface area contributed by atoms with E-state index in [1.54, 1.807) is 6.92 Å². The van der Waals surface area contributed by atoms with E-state index in [0.29, 0.717) is 31.1 Å². The Morgan fingerprint density at radius 2 is 2.07 bits per heavy atom. The van der Waals surface area contributed by atoms with E-state index in [1.807, 2.05) is 16.4 Å². The zero-order chi connectivity index (χ0) is 21.1. The molecular formula is C18H29N5O4S2. The van der Waals surface area contributed by atoms with Gasteiger partial charge in [0.25, 0.3) is 0 Å². The van der Waals surface area contributed by atoms with Crippen molar-refractivity contribution in [2.24, 2.45) is 0 Å². The Hall–Kier alpha value is -1.62. The van der Waals surface area contributed by atoms with E-state index in [2.05, 4.69) is 15.5 Å². The Morgan fingerprint density at radius 1 is 1.28 bits per heavy atom. The van der Waals surface area contributed by atoms with E-state index < -0.39 is 15.4 Å². The van der Waals surface area contributed by atoms with Crippen LogP contribution in [0.25, 0.3) is 0 Å². The van der Waals surface area contributed by atoms with Crippen LogP contribution in [0.4, 0.5) is 0 Å². The van der Waals surface area contributed by atoms with Crippen molar-refractivity contribution in [3.63, 3.8) is 0 Å². The smallest absolute Gasteiger partial charge is 0.230 e. The zero-order valence-corrected chi connectivity index (χ0v) is 18.6. The molecular weight excluding hydrogens is 414 g/mol. The minimum absolute atomic E-state index is 0.0183. The normalized spacial score (nSPS) is 24.5. The summed E-state index contributed by atoms with van der Waals surface area (Å²) in [5.41, 5.74) is -0.701. The number of rotatable bonds is 7. The van der Waals surface area contributed by atoms with E-state index >= 15 is 0 Å². The fourth-order valence-corrected chi connectivity index (χ4v) is 6.76. The first-order valence-corrected chi connectivity index (χ1v) is 12.9. The van der Waals surface area contributed by atoms with Crippen LogP contribution in [0.2, 0.25) is 0 Å². The average Bonchev–Trinajstić information content (AvgIpc) is 3.08. The highest BCUT2D eigenvalue weighted by Gasteiger charge is 2.39. The zero-order valence-electron chi connectivity index (χ0n) is 17.0. The number of aromatic nitrogens is 3. The van der Waals surface area contributed by atoms with Crippen LogP contribution in [-0.4, -0.2) is 69.2 Å². The third kappa shape index (κ3) is 5.71. The Morgan fingerprint density at radius 3 is 2.76 bits per heavy atom. The van der Waals surface area contributed by atoms with Gasteiger partial charge < -0.3 is 14.8 Å². The lowest BCUT2D eigenvalue weighted by Gasteiger charge is -2.23. The number of hydrogen-bond acceptors (Lipinski definition) is 7. The Labute approximate surface area is 175 Å². The SMILES string of the molecule is CCn1c(CN2CCCCCC2=O)nnc1SCC(=O)N[C@@]1(C)CCS(=O)(=O)C1. The fraction of sp³-hybridized carbons (Fsp3) is 0.778. The molecule has 0 aliphatic carbocycles. The third-order valence-electron chi connectivity index (χ3n) is 5.39. The quantitative estimate of drug-likeness (QED) is 0.625. The highest BCUT2D eigenvalue weighted by Crippen LogP contribution is 2.24. The molecule has 29 heavy (non-hydrogen) atoms. The Balaban J connectivity index is 1.58. The Kier molecular flexibility index (Phi) is 6.87. The van der Waals surface area contributed by atoms with Gasteiger partial charge in [-0.15, -0.1) is 10.2 Å². The molecule has 11 heteroatoms. The number of thioether (sulfide) groups is 1. The number of hydrogen-bond donors (Lipinski definition) is 1. The van der Waals surface area contributed by atoms with Gasteiger partial charge >= 0.3 is 0 Å². The second-order valence-electron chi connectivity index (χ2n) is 8.01. The summed E-state index contributed by atoms with van der Waals surface area (Å²) in [5.74, 6) is 0.886. The maximum absolute atomic E-state index is 12.4. The molecule has 3 rings (SSSR count). The molecule has 1 N–H and O–H groups in total. The summed E-state index contributed by atoms with van der Waals surface area (Å²) in [6.45, 7) is 5.56. The molecule has 0 unspecified atom stereocenters. The second kappa shape index (κ2) is 9.03. The lowest BCUT2D eigenvalue weighted by atomic mass is 10.0. The summed E-state index contributed by atoms with van der Waals surface area (Å²) in [4.78, 5) is 26.4. The van der Waals surface area contributed by atoms with Gasteiger partial charge in [0.15, 0.2) is 20.8 Å². The maximum Gasteiger partial charge on any atom is 0.230 e. The van der Waals surface area contributed by atoms with Crippen LogP contribution in [0.15, 0.2) is 5.16 Å². The molecule has 9 nitrogen and oxygen atoms in total. The van der Waals surface area contributed by atoms with Crippen LogP contribution in [-0.2, 0) is 32.5 Å². The van der Waals surface area contributed by atoms with Gasteiger partial charge in [0, 0.05) is 19.5 Å². The molecule has 0 radical (unpaired) electrons. The molecule has 162 valence electrons. The summed E-state index contributed by atoms with van der Waals surface area (Å²) >= 11 is 1.27. The van der Waals surface area contributed by atoms with Crippen LogP contribution >= 0.6 is 11.8 Å². The van der Waals surface area contributed by atoms with Gasteiger partial charge in [-0.05, 0) is 33.1 Å². The predicted octanol–water partition coefficient (Wildman–Crippen LogP) is 0.986. The first-order valence-electron chi connectivity index (χ1n) is 10.1. The molecule has 3 heterocycles. The third-order valence-corrected chi connectivity index (χ3v) is 8.26. The fourth-order valence-electron chi connectivity index (χ4n) is 3.85. The molecule has 2 saturated heterocycles. The van der Waals surface area contributed by atoms with E-state index in [-0.39, 0.29) is 29.1 Å². The Bertz CT molecular complexity index is 870. The summed E-state index contributed by atoms with van der Waals surface area (Å²) in [5, 5.41) is 11.9. The van der Waals surface area contributed by atoms with Crippen molar-refractivity contribution < 1.29 is 18.0 Å². The first kappa shape index (κ1) is 22.1. The molecule has 2 aliphatic heterocycles. The highest BCUT2D eigenvalue weighted by atomic mass is 32.2. The monoisotopic (exact) mass is 443 g/mol. The van der Waals surface area contributed by atoms with Gasteiger partial charge in [0.05, 0.1) is 29.3 Å². The first-order chi connectivity index (χ1) is 13.7. The van der Waals surface area contributed by atoms with Crippen LogP contribution in [0.3, 0.4) is 0 Å². The molecule has 0 saturated carbocycles. The molecule has 2 amide bonds. The van der Waals surface area contributed by atoms with Crippen molar-refractivity contribution in [3.8, 4) is 0 Å². The standard InChI is InChI=1S/C18H29N5O4S2/c1-3-23-14(11-22-9-6-4-5-7-16(22)25)20-21-17(23)28-12-15(24)19-18(2)8-10-29(26,27)13-18/h3-13H2,1-2H3,(H,19,24)/t18-/m0/s1. The van der Waals surface area contributed by atoms with E-state index in [4.69, 9.17) is 0 Å². The van der Waals surface area contributed by atoms with Crippen molar-refractivity contribution in [1.82, 2.24) is 25.0 Å². The van der Waals surface area contributed by atoms with Gasteiger partial charge in [-0.3, -0.25) is 9.59 Å². The molecule has 2 fully saturated rings. The van der Waals surface area contributed by atoms with Gasteiger partial charge in [-0.1, -0.05) is 18.2 Å². The van der Waals surface area contributed by atoms with E-state index in [0.717, 1.165) is 31.6 Å². The van der Waals surface area contributed by atoms with Crippen LogP contribution < -0.4 is 5.32 Å². The van der Waals surface area contributed by atoms with Gasteiger partial charge in [0.2, 0.25) is 11.8 Å². The number of nitrogens with zero attached hydrogens (tertiary/aromatic N) is 4. The minimum atomic E-state index is -3.08. The molecule has 0 spiro atoms. The van der Waals surface area contributed by atoms with Crippen molar-refractivity contribution in [2.45, 2.75) is 69.7 Å². The predicted molar refractivity (Wildman–Crippen MR) is 110 cm³/mol. The molecule has 0 bridgehead atoms. The number of amides is 2. The maximum atomic E-state index is 12.4. The average molecular weight is 444 g/mol. The topological polar surface area (TPSA) is 114 Å². The number of carbonyl (C=O) groups is 2. The lowest BCUT2D eigenvalue weighted by molar-refractivity contribution is -0.131. The van der Waals surface area contributed by atoms with Crippen molar-refractivity contribution in [3.05, 3.63) is 5.82 Å². The number of nitrogens with one attached hydrogen (secondary N) is 1. The molecule has 1 aromatic rings. The van der Waals surface area contributed by atoms with E-state index in [1.165, 1.54) is 11.8 Å². The summed E-state index contributed by atoms with van der Waals surface area (Å²) in [6.07, 6.45) is 4.02. The summed E-state index contributed by atoms with van der Waals surface area (Å²) in [7, 11) is -3.08. The highest BCUT2D eigenvalue weighted by molar-refractivity contribution is 7.99. The number of likely N-dealkylation sites (tertiary alicyclic amines) is 1. The largest absolute Gasteiger partial charge is 0.349 e. The molecule has 1 aromatic heterocycles.